The van der Waals surface area contributed by atoms with E-state index >= 15 is 0 Å². The summed E-state index contributed by atoms with van der Waals surface area (Å²) in [6.07, 6.45) is 0. The summed E-state index contributed by atoms with van der Waals surface area (Å²) in [6.45, 7) is 3.61. The Morgan fingerprint density at radius 3 is 2.67 bits per heavy atom. The number of aromatic nitrogens is 2. The summed E-state index contributed by atoms with van der Waals surface area (Å²) in [5.41, 5.74) is 0. The predicted octanol–water partition coefficient (Wildman–Crippen LogP) is 1.79. The average molecular weight is 206 g/mol. The van der Waals surface area contributed by atoms with Gasteiger partial charge in [-0.15, -0.1) is 10.2 Å². The molecule has 1 N–H and O–H groups in total. The quantitative estimate of drug-likeness (QED) is 0.801. The maximum absolute atomic E-state index is 11.1. The van der Waals surface area contributed by atoms with E-state index < -0.39 is 0 Å². The smallest absolute Gasteiger partial charge is 0.228 e. The van der Waals surface area contributed by atoms with Gasteiger partial charge in [-0.2, -0.15) is 0 Å². The second kappa shape index (κ2) is 3.82. The third-order valence-electron chi connectivity index (χ3n) is 1.15. The number of hydrogen-bond acceptors (Lipinski definition) is 4. The summed E-state index contributed by atoms with van der Waals surface area (Å²) >= 11 is 6.66. The van der Waals surface area contributed by atoms with Crippen molar-refractivity contribution in [1.29, 1.82) is 0 Å². The van der Waals surface area contributed by atoms with Crippen LogP contribution >= 0.6 is 22.9 Å². The molecule has 1 heterocycles. The Morgan fingerprint density at radius 1 is 1.58 bits per heavy atom. The molecule has 0 atom stereocenters. The van der Waals surface area contributed by atoms with Crippen molar-refractivity contribution in [2.75, 3.05) is 5.32 Å². The molecule has 0 radical (unpaired) electrons. The number of anilines is 1. The van der Waals surface area contributed by atoms with E-state index in [1.54, 1.807) is 13.8 Å². The van der Waals surface area contributed by atoms with Gasteiger partial charge >= 0.3 is 0 Å². The Bertz CT molecular complexity index is 286. The Balaban J connectivity index is 2.58. The van der Waals surface area contributed by atoms with Crippen LogP contribution in [0.1, 0.15) is 13.8 Å². The molecule has 0 saturated heterocycles. The van der Waals surface area contributed by atoms with Crippen molar-refractivity contribution in [3.8, 4) is 0 Å². The molecule has 0 spiro atoms. The Kier molecular flexibility index (Phi) is 2.99. The molecule has 1 aromatic rings. The number of carbonyl (C=O) groups is 1. The second-order valence-electron chi connectivity index (χ2n) is 2.50. The lowest BCUT2D eigenvalue weighted by Gasteiger charge is -2.01. The van der Waals surface area contributed by atoms with E-state index in [0.29, 0.717) is 9.60 Å². The molecule has 66 valence electrons. The topological polar surface area (TPSA) is 54.9 Å². The highest BCUT2D eigenvalue weighted by Gasteiger charge is 2.09. The molecule has 4 nitrogen and oxygen atoms in total. The van der Waals surface area contributed by atoms with E-state index in [-0.39, 0.29) is 11.8 Å². The maximum atomic E-state index is 11.1. The molecule has 0 fully saturated rings. The highest BCUT2D eigenvalue weighted by Crippen LogP contribution is 2.19. The van der Waals surface area contributed by atoms with Crippen LogP contribution in [-0.2, 0) is 4.79 Å². The van der Waals surface area contributed by atoms with Gasteiger partial charge < -0.3 is 5.32 Å². The van der Waals surface area contributed by atoms with Crippen LogP contribution in [0, 0.1) is 5.92 Å². The van der Waals surface area contributed by atoms with Gasteiger partial charge in [-0.3, -0.25) is 4.79 Å². The third kappa shape index (κ3) is 2.42. The molecule has 1 aromatic heterocycles. The minimum absolute atomic E-state index is 0.0623. The van der Waals surface area contributed by atoms with E-state index in [1.807, 2.05) is 0 Å². The molecule has 0 aliphatic rings. The third-order valence-corrected chi connectivity index (χ3v) is 2.09. The SMILES string of the molecule is CC(C)C(=O)Nc1nnc(Cl)s1. The Hall–Kier alpha value is -0.680. The molecule has 0 aromatic carbocycles. The number of hydrogen-bond donors (Lipinski definition) is 1. The largest absolute Gasteiger partial charge is 0.300 e. The lowest BCUT2D eigenvalue weighted by molar-refractivity contribution is -0.118. The van der Waals surface area contributed by atoms with Gasteiger partial charge in [-0.1, -0.05) is 25.2 Å². The van der Waals surface area contributed by atoms with Crippen molar-refractivity contribution in [3.05, 3.63) is 4.47 Å². The van der Waals surface area contributed by atoms with Crippen molar-refractivity contribution in [1.82, 2.24) is 10.2 Å². The standard InChI is InChI=1S/C6H8ClN3OS/c1-3(2)4(11)8-6-10-9-5(7)12-6/h3H,1-2H3,(H,8,10,11). The fourth-order valence-electron chi connectivity index (χ4n) is 0.506. The van der Waals surface area contributed by atoms with Crippen LogP contribution in [-0.4, -0.2) is 16.1 Å². The highest BCUT2D eigenvalue weighted by molar-refractivity contribution is 7.19. The van der Waals surface area contributed by atoms with Gasteiger partial charge in [-0.25, -0.2) is 0 Å². The number of rotatable bonds is 2. The summed E-state index contributed by atoms with van der Waals surface area (Å²) in [5.74, 6) is -0.143. The van der Waals surface area contributed by atoms with E-state index in [2.05, 4.69) is 15.5 Å². The number of halogens is 1. The molecule has 0 aliphatic heterocycles. The first-order valence-corrected chi connectivity index (χ1v) is 4.59. The average Bonchev–Trinajstić information content (AvgIpc) is 2.35. The molecule has 0 bridgehead atoms. The normalized spacial score (nSPS) is 10.3. The zero-order valence-corrected chi connectivity index (χ0v) is 8.24. The monoisotopic (exact) mass is 205 g/mol. The lowest BCUT2D eigenvalue weighted by Crippen LogP contribution is -2.17. The number of nitrogens with one attached hydrogen (secondary N) is 1. The molecule has 0 saturated carbocycles. The minimum atomic E-state index is -0.0807. The van der Waals surface area contributed by atoms with Crippen molar-refractivity contribution in [3.63, 3.8) is 0 Å². The van der Waals surface area contributed by atoms with E-state index in [4.69, 9.17) is 11.6 Å². The molecule has 6 heteroatoms. The van der Waals surface area contributed by atoms with E-state index in [9.17, 15) is 4.79 Å². The van der Waals surface area contributed by atoms with Gasteiger partial charge in [0.2, 0.25) is 15.5 Å². The number of nitrogens with zero attached hydrogens (tertiary/aromatic N) is 2. The Labute approximate surface area is 79.0 Å². The summed E-state index contributed by atoms with van der Waals surface area (Å²) < 4.78 is 0.328. The molecule has 0 unspecified atom stereocenters. The first-order valence-electron chi connectivity index (χ1n) is 3.39. The van der Waals surface area contributed by atoms with Crippen LogP contribution in [0.15, 0.2) is 0 Å². The van der Waals surface area contributed by atoms with Crippen molar-refractivity contribution < 1.29 is 4.79 Å². The van der Waals surface area contributed by atoms with Gasteiger partial charge in [0.1, 0.15) is 0 Å². The first kappa shape index (κ1) is 9.41. The minimum Gasteiger partial charge on any atom is -0.300 e. The van der Waals surface area contributed by atoms with Crippen LogP contribution in [0.4, 0.5) is 5.13 Å². The second-order valence-corrected chi connectivity index (χ2v) is 4.06. The van der Waals surface area contributed by atoms with Crippen LogP contribution in [0.5, 0.6) is 0 Å². The summed E-state index contributed by atoms with van der Waals surface area (Å²) in [6, 6.07) is 0. The molecule has 0 aliphatic carbocycles. The van der Waals surface area contributed by atoms with Gasteiger partial charge in [-0.05, 0) is 11.6 Å². The number of carbonyl (C=O) groups excluding carboxylic acids is 1. The van der Waals surface area contributed by atoms with Crippen LogP contribution in [0.2, 0.25) is 4.47 Å². The van der Waals surface area contributed by atoms with Crippen LogP contribution < -0.4 is 5.32 Å². The van der Waals surface area contributed by atoms with E-state index in [1.165, 1.54) is 0 Å². The predicted molar refractivity (Wildman–Crippen MR) is 48.4 cm³/mol. The molecule has 1 amide bonds. The highest BCUT2D eigenvalue weighted by atomic mass is 35.5. The number of amides is 1. The Morgan fingerprint density at radius 2 is 2.25 bits per heavy atom. The fraction of sp³-hybridized carbons (Fsp3) is 0.500. The summed E-state index contributed by atoms with van der Waals surface area (Å²) in [4.78, 5) is 11.1. The molecular formula is C6H8ClN3OS. The van der Waals surface area contributed by atoms with Gasteiger partial charge in [0.05, 0.1) is 0 Å². The van der Waals surface area contributed by atoms with Crippen LogP contribution in [0.25, 0.3) is 0 Å². The molecule has 12 heavy (non-hydrogen) atoms. The van der Waals surface area contributed by atoms with Gasteiger partial charge in [0, 0.05) is 5.92 Å². The molecular weight excluding hydrogens is 198 g/mol. The van der Waals surface area contributed by atoms with Crippen molar-refractivity contribution >= 4 is 34.0 Å². The zero-order valence-electron chi connectivity index (χ0n) is 6.67. The van der Waals surface area contributed by atoms with Crippen molar-refractivity contribution in [2.24, 2.45) is 5.92 Å². The zero-order chi connectivity index (χ0) is 9.14. The van der Waals surface area contributed by atoms with Gasteiger partial charge in [0.25, 0.3) is 0 Å². The lowest BCUT2D eigenvalue weighted by atomic mass is 10.2. The summed E-state index contributed by atoms with van der Waals surface area (Å²) in [5, 5.41) is 10.2. The van der Waals surface area contributed by atoms with Crippen molar-refractivity contribution in [2.45, 2.75) is 13.8 Å². The fourth-order valence-corrected chi connectivity index (χ4v) is 1.24. The summed E-state index contributed by atoms with van der Waals surface area (Å²) in [7, 11) is 0. The van der Waals surface area contributed by atoms with Gasteiger partial charge in [0.15, 0.2) is 0 Å². The molecule has 1 rings (SSSR count). The maximum Gasteiger partial charge on any atom is 0.228 e. The van der Waals surface area contributed by atoms with Crippen LogP contribution in [0.3, 0.4) is 0 Å². The first-order chi connectivity index (χ1) is 5.59. The van der Waals surface area contributed by atoms with E-state index in [0.717, 1.165) is 11.3 Å².